The fourth-order valence-corrected chi connectivity index (χ4v) is 1.51. The van der Waals surface area contributed by atoms with E-state index in [9.17, 15) is 14.6 Å². The lowest BCUT2D eigenvalue weighted by atomic mass is 9.97. The maximum absolute atomic E-state index is 13.7. The van der Waals surface area contributed by atoms with Gasteiger partial charge in [0.25, 0.3) is 0 Å². The number of rotatable bonds is 6. The molecule has 0 unspecified atom stereocenters. The minimum absolute atomic E-state index is 0.257. The smallest absolute Gasteiger partial charge is 0.146 e. The summed E-state index contributed by atoms with van der Waals surface area (Å²) in [5.74, 6) is -0.437. The first-order valence-corrected chi connectivity index (χ1v) is 5.59. The molecule has 0 saturated carbocycles. The largest absolute Gasteiger partial charge is 0.394 e. The van der Waals surface area contributed by atoms with Crippen molar-refractivity contribution in [1.82, 2.24) is 0 Å². The molecule has 1 aromatic rings. The van der Waals surface area contributed by atoms with Gasteiger partial charge in [-0.1, -0.05) is 13.0 Å². The van der Waals surface area contributed by atoms with Gasteiger partial charge in [-0.25, -0.2) is 4.39 Å². The number of aliphatic hydroxyl groups is 2. The van der Waals surface area contributed by atoms with E-state index in [2.05, 4.69) is 5.32 Å². The molecule has 0 bridgehead atoms. The average molecular weight is 242 g/mol. The Morgan fingerprint density at radius 3 is 2.41 bits per heavy atom. The highest BCUT2D eigenvalue weighted by Crippen LogP contribution is 2.22. The second-order valence-corrected chi connectivity index (χ2v) is 4.09. The fraction of sp³-hybridized carbons (Fsp3) is 0.500. The zero-order valence-electron chi connectivity index (χ0n) is 9.91. The van der Waals surface area contributed by atoms with Gasteiger partial charge in [-0.2, -0.15) is 0 Å². The van der Waals surface area contributed by atoms with Gasteiger partial charge in [0.15, 0.2) is 0 Å². The van der Waals surface area contributed by atoms with E-state index in [1.165, 1.54) is 6.07 Å². The maximum atomic E-state index is 13.7. The van der Waals surface area contributed by atoms with E-state index in [1.807, 2.05) is 6.92 Å². The zero-order valence-corrected chi connectivity index (χ0v) is 9.91. The van der Waals surface area contributed by atoms with E-state index in [1.54, 1.807) is 12.1 Å². The van der Waals surface area contributed by atoms with Crippen LogP contribution in [0.1, 0.15) is 18.9 Å². The molecule has 0 radical (unpaired) electrons. The Hall–Kier alpha value is -1.17. The quantitative estimate of drug-likeness (QED) is 0.596. The molecular weight excluding hydrogens is 223 g/mol. The van der Waals surface area contributed by atoms with Crippen molar-refractivity contribution in [3.63, 3.8) is 0 Å². The molecule has 17 heavy (non-hydrogen) atoms. The van der Waals surface area contributed by atoms with E-state index in [0.29, 0.717) is 12.0 Å². The lowest BCUT2D eigenvalue weighted by molar-refractivity contribution is 0.132. The van der Waals surface area contributed by atoms with Crippen LogP contribution in [-0.2, 0) is 6.54 Å². The standard InChI is InChI=1S/C12H19FN2O2/c1-2-12(7-16,8-17)15-11-4-3-9(6-14)5-10(11)13/h3-5,15-17H,2,6-8,14H2,1H3. The Balaban J connectivity index is 2.94. The molecule has 0 atom stereocenters. The molecule has 0 fully saturated rings. The van der Waals surface area contributed by atoms with Gasteiger partial charge in [-0.05, 0) is 24.1 Å². The Morgan fingerprint density at radius 1 is 1.35 bits per heavy atom. The van der Waals surface area contributed by atoms with Crippen LogP contribution in [-0.4, -0.2) is 29.0 Å². The molecule has 1 rings (SSSR count). The molecule has 1 aromatic carbocycles. The number of hydrogen-bond acceptors (Lipinski definition) is 4. The number of aliphatic hydroxyl groups excluding tert-OH is 2. The van der Waals surface area contributed by atoms with Crippen molar-refractivity contribution in [2.45, 2.75) is 25.4 Å². The molecule has 5 N–H and O–H groups in total. The third-order valence-corrected chi connectivity index (χ3v) is 2.95. The van der Waals surface area contributed by atoms with Crippen LogP contribution in [0.3, 0.4) is 0 Å². The van der Waals surface area contributed by atoms with Gasteiger partial charge in [0.1, 0.15) is 5.82 Å². The molecule has 96 valence electrons. The zero-order chi connectivity index (χ0) is 12.9. The first-order chi connectivity index (χ1) is 8.10. The summed E-state index contributed by atoms with van der Waals surface area (Å²) in [4.78, 5) is 0. The Morgan fingerprint density at radius 2 is 2.00 bits per heavy atom. The van der Waals surface area contributed by atoms with Gasteiger partial charge in [0.2, 0.25) is 0 Å². The highest BCUT2D eigenvalue weighted by atomic mass is 19.1. The monoisotopic (exact) mass is 242 g/mol. The van der Waals surface area contributed by atoms with Crippen LogP contribution in [0.15, 0.2) is 18.2 Å². The normalized spacial score (nSPS) is 11.6. The predicted octanol–water partition coefficient (Wildman–Crippen LogP) is 0.830. The van der Waals surface area contributed by atoms with Crippen LogP contribution < -0.4 is 11.1 Å². The molecule has 4 nitrogen and oxygen atoms in total. The number of nitrogens with two attached hydrogens (primary N) is 1. The first kappa shape index (κ1) is 13.9. The Bertz CT molecular complexity index is 359. The van der Waals surface area contributed by atoms with Crippen LogP contribution in [0.25, 0.3) is 0 Å². The minimum atomic E-state index is -0.898. The number of nitrogens with one attached hydrogen (secondary N) is 1. The minimum Gasteiger partial charge on any atom is -0.394 e. The molecule has 0 heterocycles. The highest BCUT2D eigenvalue weighted by Gasteiger charge is 2.27. The van der Waals surface area contributed by atoms with Gasteiger partial charge in [-0.3, -0.25) is 0 Å². The SMILES string of the molecule is CCC(CO)(CO)Nc1ccc(CN)cc1F. The molecule has 0 aliphatic carbocycles. The Kier molecular flexibility index (Phi) is 4.86. The van der Waals surface area contributed by atoms with E-state index in [-0.39, 0.29) is 25.4 Å². The molecule has 0 saturated heterocycles. The van der Waals surface area contributed by atoms with Crippen LogP contribution in [0.4, 0.5) is 10.1 Å². The van der Waals surface area contributed by atoms with E-state index < -0.39 is 11.4 Å². The summed E-state index contributed by atoms with van der Waals surface area (Å²) < 4.78 is 13.7. The number of halogens is 1. The van der Waals surface area contributed by atoms with Crippen molar-refractivity contribution in [2.24, 2.45) is 5.73 Å². The highest BCUT2D eigenvalue weighted by molar-refractivity contribution is 5.48. The van der Waals surface area contributed by atoms with Crippen molar-refractivity contribution >= 4 is 5.69 Å². The summed E-state index contributed by atoms with van der Waals surface area (Å²) in [6, 6.07) is 4.62. The molecule has 5 heteroatoms. The topological polar surface area (TPSA) is 78.5 Å². The summed E-state index contributed by atoms with van der Waals surface area (Å²) in [5, 5.41) is 21.4. The average Bonchev–Trinajstić information content (AvgIpc) is 2.38. The van der Waals surface area contributed by atoms with Gasteiger partial charge < -0.3 is 21.3 Å². The predicted molar refractivity (Wildman–Crippen MR) is 65.1 cm³/mol. The van der Waals surface area contributed by atoms with Crippen LogP contribution >= 0.6 is 0 Å². The van der Waals surface area contributed by atoms with Gasteiger partial charge >= 0.3 is 0 Å². The van der Waals surface area contributed by atoms with E-state index in [0.717, 1.165) is 0 Å². The van der Waals surface area contributed by atoms with Gasteiger partial charge in [0.05, 0.1) is 24.4 Å². The summed E-state index contributed by atoms with van der Waals surface area (Å²) in [6.45, 7) is 1.55. The summed E-state index contributed by atoms with van der Waals surface area (Å²) in [5.41, 5.74) is 5.46. The second-order valence-electron chi connectivity index (χ2n) is 4.09. The molecule has 0 aliphatic rings. The van der Waals surface area contributed by atoms with E-state index >= 15 is 0 Å². The number of anilines is 1. The van der Waals surface area contributed by atoms with Crippen molar-refractivity contribution in [3.05, 3.63) is 29.6 Å². The lowest BCUT2D eigenvalue weighted by Gasteiger charge is -2.31. The first-order valence-electron chi connectivity index (χ1n) is 5.59. The van der Waals surface area contributed by atoms with Crippen molar-refractivity contribution in [2.75, 3.05) is 18.5 Å². The molecule has 0 amide bonds. The molecule has 0 spiro atoms. The lowest BCUT2D eigenvalue weighted by Crippen LogP contribution is -2.45. The number of benzene rings is 1. The fourth-order valence-electron chi connectivity index (χ4n) is 1.51. The van der Waals surface area contributed by atoms with Crippen LogP contribution in [0.2, 0.25) is 0 Å². The molecular formula is C12H19FN2O2. The second kappa shape index (κ2) is 5.95. The summed E-state index contributed by atoms with van der Waals surface area (Å²) in [6.07, 6.45) is 0.484. The van der Waals surface area contributed by atoms with Crippen LogP contribution in [0.5, 0.6) is 0 Å². The molecule has 0 aliphatic heterocycles. The third kappa shape index (κ3) is 3.15. The summed E-state index contributed by atoms with van der Waals surface area (Å²) in [7, 11) is 0. The van der Waals surface area contributed by atoms with Gasteiger partial charge in [-0.15, -0.1) is 0 Å². The maximum Gasteiger partial charge on any atom is 0.146 e. The Labute approximate surface area is 100 Å². The summed E-state index contributed by atoms with van der Waals surface area (Å²) >= 11 is 0. The van der Waals surface area contributed by atoms with Crippen LogP contribution in [0, 0.1) is 5.82 Å². The van der Waals surface area contributed by atoms with E-state index in [4.69, 9.17) is 5.73 Å². The van der Waals surface area contributed by atoms with Gasteiger partial charge in [0, 0.05) is 6.54 Å². The van der Waals surface area contributed by atoms with Crippen molar-refractivity contribution in [3.8, 4) is 0 Å². The van der Waals surface area contributed by atoms with Crippen molar-refractivity contribution < 1.29 is 14.6 Å². The van der Waals surface area contributed by atoms with Crippen molar-refractivity contribution in [1.29, 1.82) is 0 Å². The number of hydrogen-bond donors (Lipinski definition) is 4. The third-order valence-electron chi connectivity index (χ3n) is 2.95. The molecule has 0 aromatic heterocycles.